The second kappa shape index (κ2) is 3.60. The Kier molecular flexibility index (Phi) is 2.71. The van der Waals surface area contributed by atoms with Crippen molar-refractivity contribution in [2.45, 2.75) is 0 Å². The molecule has 0 N–H and O–H groups in total. The van der Waals surface area contributed by atoms with Crippen molar-refractivity contribution in [2.24, 2.45) is 0 Å². The molecule has 0 saturated heterocycles. The molecule has 0 amide bonds. The molecule has 0 bridgehead atoms. The van der Waals surface area contributed by atoms with E-state index in [0.717, 1.165) is 6.07 Å². The van der Waals surface area contributed by atoms with Crippen LogP contribution in [0.3, 0.4) is 0 Å². The standard InChI is InChI=1S/C9H9BFNO/c1-12(2)9-4-6(10)3-8(11)7(9)5-13/h3-5H,1-2H3. The van der Waals surface area contributed by atoms with Gasteiger partial charge in [0.2, 0.25) is 0 Å². The van der Waals surface area contributed by atoms with Crippen molar-refractivity contribution in [1.29, 1.82) is 0 Å². The van der Waals surface area contributed by atoms with E-state index in [1.807, 2.05) is 0 Å². The summed E-state index contributed by atoms with van der Waals surface area (Å²) in [6.07, 6.45) is 0.490. The number of hydrogen-bond donors (Lipinski definition) is 0. The Balaban J connectivity index is 3.38. The van der Waals surface area contributed by atoms with Gasteiger partial charge >= 0.3 is 0 Å². The average molecular weight is 177 g/mol. The number of nitrogens with zero attached hydrogens (tertiary/aromatic N) is 1. The Bertz CT molecular complexity index is 339. The fraction of sp³-hybridized carbons (Fsp3) is 0.222. The third-order valence-corrected chi connectivity index (χ3v) is 1.73. The lowest BCUT2D eigenvalue weighted by Gasteiger charge is -2.16. The molecular weight excluding hydrogens is 168 g/mol. The van der Waals surface area contributed by atoms with Gasteiger partial charge in [-0.3, -0.25) is 4.79 Å². The largest absolute Gasteiger partial charge is 0.377 e. The molecule has 1 aromatic carbocycles. The molecule has 2 nitrogen and oxygen atoms in total. The lowest BCUT2D eigenvalue weighted by molar-refractivity contribution is 0.112. The minimum atomic E-state index is -0.585. The van der Waals surface area contributed by atoms with E-state index in [-0.39, 0.29) is 5.56 Å². The van der Waals surface area contributed by atoms with Crippen LogP contribution in [-0.2, 0) is 0 Å². The molecule has 0 spiro atoms. The molecule has 0 saturated carbocycles. The van der Waals surface area contributed by atoms with Crippen LogP contribution in [0.4, 0.5) is 10.1 Å². The van der Waals surface area contributed by atoms with Crippen LogP contribution in [0.1, 0.15) is 10.4 Å². The summed E-state index contributed by atoms with van der Waals surface area (Å²) in [5.41, 5.74) is 0.846. The van der Waals surface area contributed by atoms with E-state index >= 15 is 0 Å². The first kappa shape index (κ1) is 9.77. The van der Waals surface area contributed by atoms with Gasteiger partial charge in [0.1, 0.15) is 13.7 Å². The van der Waals surface area contributed by atoms with Gasteiger partial charge in [0.15, 0.2) is 6.29 Å². The van der Waals surface area contributed by atoms with Gasteiger partial charge in [-0.15, -0.1) is 0 Å². The van der Waals surface area contributed by atoms with Crippen LogP contribution < -0.4 is 10.4 Å². The first-order chi connectivity index (χ1) is 6.06. The summed E-state index contributed by atoms with van der Waals surface area (Å²) in [4.78, 5) is 12.2. The predicted octanol–water partition coefficient (Wildman–Crippen LogP) is 0.498. The monoisotopic (exact) mass is 177 g/mol. The van der Waals surface area contributed by atoms with Crippen LogP contribution in [0.5, 0.6) is 0 Å². The van der Waals surface area contributed by atoms with Crippen molar-refractivity contribution < 1.29 is 9.18 Å². The Morgan fingerprint density at radius 1 is 1.46 bits per heavy atom. The normalized spacial score (nSPS) is 9.77. The molecular formula is C9H9BFNO. The zero-order valence-corrected chi connectivity index (χ0v) is 7.54. The molecule has 1 aromatic rings. The Labute approximate surface area is 77.8 Å². The number of rotatable bonds is 2. The fourth-order valence-corrected chi connectivity index (χ4v) is 1.11. The number of hydrogen-bond acceptors (Lipinski definition) is 2. The van der Waals surface area contributed by atoms with Gasteiger partial charge in [-0.05, 0) is 12.1 Å². The van der Waals surface area contributed by atoms with Crippen molar-refractivity contribution in [3.05, 3.63) is 23.5 Å². The number of carbonyl (C=O) groups is 1. The van der Waals surface area contributed by atoms with E-state index in [1.165, 1.54) is 0 Å². The van der Waals surface area contributed by atoms with E-state index < -0.39 is 5.82 Å². The summed E-state index contributed by atoms with van der Waals surface area (Å²) in [6.45, 7) is 0. The highest BCUT2D eigenvalue weighted by molar-refractivity contribution is 6.32. The van der Waals surface area contributed by atoms with Crippen molar-refractivity contribution >= 4 is 25.3 Å². The molecule has 0 aliphatic rings. The highest BCUT2D eigenvalue weighted by Crippen LogP contribution is 2.17. The lowest BCUT2D eigenvalue weighted by atomic mass is 9.93. The van der Waals surface area contributed by atoms with Gasteiger partial charge in [0, 0.05) is 19.8 Å². The van der Waals surface area contributed by atoms with Gasteiger partial charge in [0.05, 0.1) is 5.56 Å². The number of anilines is 1. The lowest BCUT2D eigenvalue weighted by Crippen LogP contribution is -2.16. The third kappa shape index (κ3) is 1.88. The Morgan fingerprint density at radius 2 is 2.08 bits per heavy atom. The minimum absolute atomic E-state index is 0.0409. The first-order valence-corrected chi connectivity index (χ1v) is 3.77. The molecule has 4 heteroatoms. The molecule has 0 aromatic heterocycles. The van der Waals surface area contributed by atoms with Gasteiger partial charge in [-0.2, -0.15) is 0 Å². The van der Waals surface area contributed by atoms with Gasteiger partial charge < -0.3 is 4.90 Å². The number of aldehydes is 1. The van der Waals surface area contributed by atoms with E-state index in [4.69, 9.17) is 7.85 Å². The van der Waals surface area contributed by atoms with E-state index in [9.17, 15) is 9.18 Å². The maximum atomic E-state index is 13.1. The summed E-state index contributed by atoms with van der Waals surface area (Å²) in [5, 5.41) is 0. The summed E-state index contributed by atoms with van der Waals surface area (Å²) >= 11 is 0. The topological polar surface area (TPSA) is 20.3 Å². The van der Waals surface area contributed by atoms with Crippen LogP contribution in [0.2, 0.25) is 0 Å². The highest BCUT2D eigenvalue weighted by atomic mass is 19.1. The zero-order valence-electron chi connectivity index (χ0n) is 7.54. The number of carbonyl (C=O) groups excluding carboxylic acids is 1. The molecule has 66 valence electrons. The molecule has 0 unspecified atom stereocenters. The van der Waals surface area contributed by atoms with Crippen LogP contribution in [-0.4, -0.2) is 28.2 Å². The number of benzene rings is 1. The van der Waals surface area contributed by atoms with Crippen LogP contribution >= 0.6 is 0 Å². The molecule has 0 atom stereocenters. The fourth-order valence-electron chi connectivity index (χ4n) is 1.11. The van der Waals surface area contributed by atoms with Crippen molar-refractivity contribution in [2.75, 3.05) is 19.0 Å². The maximum absolute atomic E-state index is 13.1. The Hall–Kier alpha value is -1.32. The molecule has 0 heterocycles. The average Bonchev–Trinajstić information content (AvgIpc) is 2.02. The van der Waals surface area contributed by atoms with Gasteiger partial charge in [-0.25, -0.2) is 4.39 Å². The molecule has 0 fully saturated rings. The minimum Gasteiger partial charge on any atom is -0.377 e. The molecule has 13 heavy (non-hydrogen) atoms. The second-order valence-corrected chi connectivity index (χ2v) is 2.95. The second-order valence-electron chi connectivity index (χ2n) is 2.95. The summed E-state index contributed by atoms with van der Waals surface area (Å²) in [7, 11) is 8.89. The van der Waals surface area contributed by atoms with E-state index in [0.29, 0.717) is 17.4 Å². The molecule has 0 aliphatic heterocycles. The summed E-state index contributed by atoms with van der Waals surface area (Å²) < 4.78 is 13.1. The smallest absolute Gasteiger partial charge is 0.155 e. The quantitative estimate of drug-likeness (QED) is 0.484. The van der Waals surface area contributed by atoms with Crippen molar-refractivity contribution in [3.8, 4) is 0 Å². The van der Waals surface area contributed by atoms with Gasteiger partial charge in [0.25, 0.3) is 0 Å². The summed E-state index contributed by atoms with van der Waals surface area (Å²) in [6, 6.07) is 2.70. The molecule has 2 radical (unpaired) electrons. The SMILES string of the molecule is [B]c1cc(F)c(C=O)c(N(C)C)c1. The Morgan fingerprint density at radius 3 is 2.54 bits per heavy atom. The number of halogens is 1. The zero-order chi connectivity index (χ0) is 10.0. The predicted molar refractivity (Wildman–Crippen MR) is 51.5 cm³/mol. The van der Waals surface area contributed by atoms with Crippen molar-refractivity contribution in [1.82, 2.24) is 0 Å². The van der Waals surface area contributed by atoms with Gasteiger partial charge in [-0.1, -0.05) is 5.46 Å². The third-order valence-electron chi connectivity index (χ3n) is 1.73. The van der Waals surface area contributed by atoms with E-state index in [2.05, 4.69) is 0 Å². The molecule has 1 rings (SSSR count). The highest BCUT2D eigenvalue weighted by Gasteiger charge is 2.09. The summed E-state index contributed by atoms with van der Waals surface area (Å²) in [5.74, 6) is -0.585. The van der Waals surface area contributed by atoms with Crippen LogP contribution in [0, 0.1) is 5.82 Å². The maximum Gasteiger partial charge on any atom is 0.155 e. The first-order valence-electron chi connectivity index (χ1n) is 3.77. The van der Waals surface area contributed by atoms with Crippen LogP contribution in [0.15, 0.2) is 12.1 Å². The van der Waals surface area contributed by atoms with E-state index in [1.54, 1.807) is 25.1 Å². The van der Waals surface area contributed by atoms with Crippen molar-refractivity contribution in [3.63, 3.8) is 0 Å². The van der Waals surface area contributed by atoms with Crippen LogP contribution in [0.25, 0.3) is 0 Å². The molecule has 0 aliphatic carbocycles.